The summed E-state index contributed by atoms with van der Waals surface area (Å²) in [5.41, 5.74) is 2.56. The topological polar surface area (TPSA) is 78.8 Å². The van der Waals surface area contributed by atoms with Gasteiger partial charge in [-0.3, -0.25) is 14.8 Å². The lowest BCUT2D eigenvalue weighted by atomic mass is 10.0. The van der Waals surface area contributed by atoms with Crippen molar-refractivity contribution < 1.29 is 9.18 Å². The number of nitrogens with zero attached hydrogens (tertiary/aromatic N) is 4. The zero-order valence-electron chi connectivity index (χ0n) is 18.0. The van der Waals surface area contributed by atoms with Gasteiger partial charge in [-0.2, -0.15) is 10.2 Å². The van der Waals surface area contributed by atoms with Gasteiger partial charge in [0.1, 0.15) is 11.6 Å². The van der Waals surface area contributed by atoms with Gasteiger partial charge in [0.25, 0.3) is 5.91 Å². The second kappa shape index (κ2) is 9.43. The van der Waals surface area contributed by atoms with Crippen molar-refractivity contribution >= 4 is 11.7 Å². The molecule has 3 aromatic rings. The number of hydrogen-bond donors (Lipinski definition) is 2. The molecule has 1 amide bonds. The summed E-state index contributed by atoms with van der Waals surface area (Å²) in [4.78, 5) is 14.9. The predicted octanol–water partition coefficient (Wildman–Crippen LogP) is 4.03. The number of carbonyl (C=O) groups is 1. The van der Waals surface area contributed by atoms with E-state index in [1.807, 2.05) is 4.68 Å². The maximum Gasteiger partial charge on any atom is 0.256 e. The third-order valence-corrected chi connectivity index (χ3v) is 5.60. The Kier molecular flexibility index (Phi) is 6.46. The zero-order chi connectivity index (χ0) is 21.8. The van der Waals surface area contributed by atoms with Crippen LogP contribution in [0.3, 0.4) is 0 Å². The number of anilines is 1. The Morgan fingerprint density at radius 1 is 1.26 bits per heavy atom. The SMILES string of the molecule is CC(C)Cc1cc(CN2CCC(n3nccc3NC(=O)c3cccc(F)c3)CC2)[nH]n1. The van der Waals surface area contributed by atoms with Gasteiger partial charge in [0.05, 0.1) is 17.9 Å². The number of piperidine rings is 1. The number of aromatic amines is 1. The number of aromatic nitrogens is 4. The Morgan fingerprint density at radius 3 is 2.81 bits per heavy atom. The summed E-state index contributed by atoms with van der Waals surface area (Å²) >= 11 is 0. The molecule has 3 heterocycles. The fourth-order valence-corrected chi connectivity index (χ4v) is 4.10. The molecule has 0 radical (unpaired) electrons. The molecule has 8 heteroatoms. The van der Waals surface area contributed by atoms with Gasteiger partial charge in [-0.05, 0) is 49.4 Å². The van der Waals surface area contributed by atoms with E-state index in [1.165, 1.54) is 18.2 Å². The molecule has 7 nitrogen and oxygen atoms in total. The molecule has 2 aromatic heterocycles. The van der Waals surface area contributed by atoms with Crippen LogP contribution in [-0.4, -0.2) is 43.9 Å². The van der Waals surface area contributed by atoms with Crippen LogP contribution in [0, 0.1) is 11.7 Å². The maximum atomic E-state index is 13.4. The van der Waals surface area contributed by atoms with Gasteiger partial charge < -0.3 is 5.32 Å². The minimum atomic E-state index is -0.429. The Labute approximate surface area is 181 Å². The van der Waals surface area contributed by atoms with Crippen LogP contribution in [0.25, 0.3) is 0 Å². The van der Waals surface area contributed by atoms with Crippen molar-refractivity contribution in [3.8, 4) is 0 Å². The average Bonchev–Trinajstić information content (AvgIpc) is 3.37. The van der Waals surface area contributed by atoms with Crippen LogP contribution in [0.4, 0.5) is 10.2 Å². The summed E-state index contributed by atoms with van der Waals surface area (Å²) in [6.45, 7) is 7.15. The zero-order valence-corrected chi connectivity index (χ0v) is 18.0. The molecule has 4 rings (SSSR count). The molecule has 0 bridgehead atoms. The number of hydrogen-bond acceptors (Lipinski definition) is 4. The molecule has 0 unspecified atom stereocenters. The number of halogens is 1. The van der Waals surface area contributed by atoms with Gasteiger partial charge >= 0.3 is 0 Å². The van der Waals surface area contributed by atoms with Crippen LogP contribution in [-0.2, 0) is 13.0 Å². The van der Waals surface area contributed by atoms with Crippen LogP contribution < -0.4 is 5.32 Å². The van der Waals surface area contributed by atoms with Crippen LogP contribution in [0.15, 0.2) is 42.6 Å². The van der Waals surface area contributed by atoms with Crippen LogP contribution >= 0.6 is 0 Å². The molecule has 0 atom stereocenters. The van der Waals surface area contributed by atoms with Gasteiger partial charge in [-0.25, -0.2) is 9.07 Å². The van der Waals surface area contributed by atoms with Gasteiger partial charge in [-0.1, -0.05) is 19.9 Å². The van der Waals surface area contributed by atoms with Gasteiger partial charge in [0, 0.05) is 37.0 Å². The van der Waals surface area contributed by atoms with E-state index in [-0.39, 0.29) is 11.9 Å². The second-order valence-corrected chi connectivity index (χ2v) is 8.62. The number of carbonyl (C=O) groups excluding carboxylic acids is 1. The predicted molar refractivity (Wildman–Crippen MR) is 117 cm³/mol. The van der Waals surface area contributed by atoms with E-state index in [0.717, 1.165) is 50.3 Å². The number of benzene rings is 1. The molecule has 1 fully saturated rings. The fourth-order valence-electron chi connectivity index (χ4n) is 4.10. The van der Waals surface area contributed by atoms with Gasteiger partial charge in [0.15, 0.2) is 0 Å². The molecule has 0 aliphatic carbocycles. The number of amides is 1. The highest BCUT2D eigenvalue weighted by molar-refractivity contribution is 6.03. The lowest BCUT2D eigenvalue weighted by molar-refractivity contribution is 0.102. The number of nitrogens with one attached hydrogen (secondary N) is 2. The molecule has 1 aliphatic rings. The first kappa shape index (κ1) is 21.2. The van der Waals surface area contributed by atoms with Crippen molar-refractivity contribution in [1.29, 1.82) is 0 Å². The van der Waals surface area contributed by atoms with Gasteiger partial charge in [-0.15, -0.1) is 0 Å². The minimum Gasteiger partial charge on any atom is -0.307 e. The molecule has 1 aliphatic heterocycles. The average molecular weight is 425 g/mol. The van der Waals surface area contributed by atoms with Gasteiger partial charge in [0.2, 0.25) is 0 Å². The Bertz CT molecular complexity index is 1020. The molecule has 164 valence electrons. The highest BCUT2D eigenvalue weighted by Gasteiger charge is 2.24. The summed E-state index contributed by atoms with van der Waals surface area (Å²) in [5, 5.41) is 14.9. The molecule has 0 spiro atoms. The molecule has 1 saturated heterocycles. The number of H-pyrrole nitrogens is 1. The van der Waals surface area contributed by atoms with E-state index >= 15 is 0 Å². The monoisotopic (exact) mass is 424 g/mol. The maximum absolute atomic E-state index is 13.4. The molecular formula is C23H29FN6O. The van der Waals surface area contributed by atoms with E-state index < -0.39 is 5.82 Å². The Morgan fingerprint density at radius 2 is 2.06 bits per heavy atom. The standard InChI is InChI=1S/C23H29FN6O/c1-16(2)12-19-14-20(28-27-19)15-29-10-7-21(8-11-29)30-22(6-9-25-30)26-23(31)17-4-3-5-18(24)13-17/h3-6,9,13-14,16,21H,7-8,10-12,15H2,1-2H3,(H,26,31)(H,27,28). The fraction of sp³-hybridized carbons (Fsp3) is 0.435. The molecule has 2 N–H and O–H groups in total. The highest BCUT2D eigenvalue weighted by Crippen LogP contribution is 2.26. The Hall–Kier alpha value is -3.00. The van der Waals surface area contributed by atoms with E-state index in [4.69, 9.17) is 0 Å². The van der Waals surface area contributed by atoms with Crippen molar-refractivity contribution in [2.45, 2.75) is 45.7 Å². The first-order chi connectivity index (χ1) is 15.0. The smallest absolute Gasteiger partial charge is 0.256 e. The van der Waals surface area contributed by atoms with E-state index in [2.05, 4.69) is 45.4 Å². The second-order valence-electron chi connectivity index (χ2n) is 8.62. The molecular weight excluding hydrogens is 395 g/mol. The Balaban J connectivity index is 1.33. The van der Waals surface area contributed by atoms with E-state index in [1.54, 1.807) is 18.3 Å². The first-order valence-corrected chi connectivity index (χ1v) is 10.8. The van der Waals surface area contributed by atoms with E-state index in [0.29, 0.717) is 17.3 Å². The lowest BCUT2D eigenvalue weighted by Gasteiger charge is -2.32. The quantitative estimate of drug-likeness (QED) is 0.600. The molecule has 1 aromatic carbocycles. The highest BCUT2D eigenvalue weighted by atomic mass is 19.1. The third-order valence-electron chi connectivity index (χ3n) is 5.60. The largest absolute Gasteiger partial charge is 0.307 e. The summed E-state index contributed by atoms with van der Waals surface area (Å²) in [6.07, 6.45) is 4.56. The summed E-state index contributed by atoms with van der Waals surface area (Å²) < 4.78 is 15.3. The normalized spacial score (nSPS) is 15.5. The number of rotatable bonds is 7. The minimum absolute atomic E-state index is 0.215. The van der Waals surface area contributed by atoms with Crippen LogP contribution in [0.2, 0.25) is 0 Å². The van der Waals surface area contributed by atoms with Crippen LogP contribution in [0.5, 0.6) is 0 Å². The van der Waals surface area contributed by atoms with Crippen molar-refractivity contribution in [3.05, 3.63) is 65.4 Å². The van der Waals surface area contributed by atoms with E-state index in [9.17, 15) is 9.18 Å². The summed E-state index contributed by atoms with van der Waals surface area (Å²) in [5.74, 6) is 0.466. The van der Waals surface area contributed by atoms with Crippen LogP contribution in [0.1, 0.15) is 54.5 Å². The number of likely N-dealkylation sites (tertiary alicyclic amines) is 1. The first-order valence-electron chi connectivity index (χ1n) is 10.8. The summed E-state index contributed by atoms with van der Waals surface area (Å²) in [6, 6.07) is 9.85. The van der Waals surface area contributed by atoms with Crippen molar-refractivity contribution in [1.82, 2.24) is 24.9 Å². The third kappa shape index (κ3) is 5.38. The lowest BCUT2D eigenvalue weighted by Crippen LogP contribution is -2.35. The van der Waals surface area contributed by atoms with Crippen molar-refractivity contribution in [3.63, 3.8) is 0 Å². The van der Waals surface area contributed by atoms with Crippen molar-refractivity contribution in [2.75, 3.05) is 18.4 Å². The molecule has 0 saturated carbocycles. The van der Waals surface area contributed by atoms with Crippen molar-refractivity contribution in [2.24, 2.45) is 5.92 Å². The summed E-state index contributed by atoms with van der Waals surface area (Å²) in [7, 11) is 0. The molecule has 31 heavy (non-hydrogen) atoms.